The summed E-state index contributed by atoms with van der Waals surface area (Å²) in [5.41, 5.74) is 0. The molecule has 0 fully saturated rings. The average Bonchev–Trinajstić information content (AvgIpc) is 2.29. The second-order valence-electron chi connectivity index (χ2n) is 4.35. The van der Waals surface area contributed by atoms with Crippen molar-refractivity contribution in [1.82, 2.24) is 20.1 Å². The van der Waals surface area contributed by atoms with Gasteiger partial charge in [0.25, 0.3) is 0 Å². The molecule has 0 amide bonds. The molecule has 0 saturated carbocycles. The third-order valence-corrected chi connectivity index (χ3v) is 2.41. The molecule has 17 heavy (non-hydrogen) atoms. The summed E-state index contributed by atoms with van der Waals surface area (Å²) in [5.74, 6) is 1.34. The number of rotatable bonds is 7. The van der Waals surface area contributed by atoms with Crippen molar-refractivity contribution in [1.29, 1.82) is 0 Å². The summed E-state index contributed by atoms with van der Waals surface area (Å²) in [4.78, 5) is 6.44. The summed E-state index contributed by atoms with van der Waals surface area (Å²) in [6.07, 6.45) is 2.69. The third-order valence-electron chi connectivity index (χ3n) is 2.41. The lowest BCUT2D eigenvalue weighted by atomic mass is 10.3. The fourth-order valence-corrected chi connectivity index (χ4v) is 1.19. The van der Waals surface area contributed by atoms with Crippen LogP contribution in [0.4, 0.5) is 11.8 Å². The Labute approximate surface area is 103 Å². The van der Waals surface area contributed by atoms with Crippen LogP contribution < -0.4 is 10.6 Å². The standard InChI is InChI=1S/C11H22N6/c1-5-9(2)14-10-8-13-16-11(15-10)12-6-7-17(3)4/h8-9H,5-7H2,1-4H3,(H2,12,14,15,16). The Bertz CT molecular complexity index is 327. The van der Waals surface area contributed by atoms with Crippen molar-refractivity contribution in [3.05, 3.63) is 6.20 Å². The van der Waals surface area contributed by atoms with E-state index in [0.29, 0.717) is 12.0 Å². The minimum absolute atomic E-state index is 0.390. The van der Waals surface area contributed by atoms with Crippen LogP contribution in [0.5, 0.6) is 0 Å². The van der Waals surface area contributed by atoms with Gasteiger partial charge < -0.3 is 15.5 Å². The molecule has 6 nitrogen and oxygen atoms in total. The maximum atomic E-state index is 4.34. The molecule has 1 rings (SSSR count). The van der Waals surface area contributed by atoms with E-state index < -0.39 is 0 Å². The Hall–Kier alpha value is -1.43. The largest absolute Gasteiger partial charge is 0.366 e. The summed E-state index contributed by atoms with van der Waals surface area (Å²) in [6.45, 7) is 5.98. The Kier molecular flexibility index (Phi) is 5.62. The highest BCUT2D eigenvalue weighted by molar-refractivity contribution is 5.37. The van der Waals surface area contributed by atoms with Gasteiger partial charge in [0.2, 0.25) is 5.95 Å². The molecule has 0 aromatic carbocycles. The first-order valence-electron chi connectivity index (χ1n) is 5.96. The lowest BCUT2D eigenvalue weighted by molar-refractivity contribution is 0.425. The molecule has 0 saturated heterocycles. The summed E-state index contributed by atoms with van der Waals surface area (Å²) < 4.78 is 0. The number of nitrogens with one attached hydrogen (secondary N) is 2. The molecule has 1 atom stereocenters. The van der Waals surface area contributed by atoms with E-state index in [-0.39, 0.29) is 0 Å². The number of hydrogen-bond acceptors (Lipinski definition) is 6. The fraction of sp³-hybridized carbons (Fsp3) is 0.727. The molecule has 2 N–H and O–H groups in total. The van der Waals surface area contributed by atoms with Crippen LogP contribution in [0, 0.1) is 0 Å². The predicted octanol–water partition coefficient (Wildman–Crippen LogP) is 1.06. The fourth-order valence-electron chi connectivity index (χ4n) is 1.19. The van der Waals surface area contributed by atoms with Crippen LogP contribution in [0.15, 0.2) is 6.20 Å². The van der Waals surface area contributed by atoms with E-state index in [1.54, 1.807) is 6.20 Å². The van der Waals surface area contributed by atoms with Crippen LogP contribution in [0.2, 0.25) is 0 Å². The molecule has 0 bridgehead atoms. The molecule has 0 aliphatic carbocycles. The van der Waals surface area contributed by atoms with E-state index in [1.807, 2.05) is 14.1 Å². The highest BCUT2D eigenvalue weighted by Gasteiger charge is 2.03. The molecule has 1 aromatic rings. The molecule has 0 aliphatic rings. The third kappa shape index (κ3) is 5.44. The maximum absolute atomic E-state index is 4.34. The molecular formula is C11H22N6. The molecule has 96 valence electrons. The maximum Gasteiger partial charge on any atom is 0.244 e. The summed E-state index contributed by atoms with van der Waals surface area (Å²) in [6, 6.07) is 0.390. The lowest BCUT2D eigenvalue weighted by Gasteiger charge is -2.13. The first kappa shape index (κ1) is 13.6. The number of likely N-dealkylation sites (N-methyl/N-ethyl adjacent to an activating group) is 1. The Morgan fingerprint density at radius 3 is 2.82 bits per heavy atom. The SMILES string of the molecule is CCC(C)Nc1cnnc(NCCN(C)C)n1. The first-order valence-corrected chi connectivity index (χ1v) is 5.96. The van der Waals surface area contributed by atoms with E-state index in [1.165, 1.54) is 0 Å². The van der Waals surface area contributed by atoms with Gasteiger partial charge in [-0.2, -0.15) is 10.1 Å². The van der Waals surface area contributed by atoms with Gasteiger partial charge in [0.15, 0.2) is 5.82 Å². The van der Waals surface area contributed by atoms with Gasteiger partial charge in [0.05, 0.1) is 6.20 Å². The second-order valence-corrected chi connectivity index (χ2v) is 4.35. The van der Waals surface area contributed by atoms with Gasteiger partial charge in [0.1, 0.15) is 0 Å². The van der Waals surface area contributed by atoms with Crippen LogP contribution in [0.3, 0.4) is 0 Å². The van der Waals surface area contributed by atoms with Gasteiger partial charge in [-0.25, -0.2) is 0 Å². The van der Waals surface area contributed by atoms with E-state index >= 15 is 0 Å². The Morgan fingerprint density at radius 2 is 2.18 bits per heavy atom. The summed E-state index contributed by atoms with van der Waals surface area (Å²) in [5, 5.41) is 14.3. The zero-order valence-electron chi connectivity index (χ0n) is 11.1. The van der Waals surface area contributed by atoms with Gasteiger partial charge in [-0.3, -0.25) is 0 Å². The van der Waals surface area contributed by atoms with Gasteiger partial charge in [0, 0.05) is 19.1 Å². The predicted molar refractivity (Wildman–Crippen MR) is 70.2 cm³/mol. The summed E-state index contributed by atoms with van der Waals surface area (Å²) in [7, 11) is 4.06. The van der Waals surface area contributed by atoms with Crippen LogP contribution in [0.25, 0.3) is 0 Å². The van der Waals surface area contributed by atoms with Crippen molar-refractivity contribution in [3.8, 4) is 0 Å². The van der Waals surface area contributed by atoms with Gasteiger partial charge >= 0.3 is 0 Å². The highest BCUT2D eigenvalue weighted by Crippen LogP contribution is 2.06. The zero-order valence-corrected chi connectivity index (χ0v) is 11.1. The Morgan fingerprint density at radius 1 is 1.41 bits per heavy atom. The van der Waals surface area contributed by atoms with E-state index in [4.69, 9.17) is 0 Å². The van der Waals surface area contributed by atoms with Crippen LogP contribution >= 0.6 is 0 Å². The number of anilines is 2. The van der Waals surface area contributed by atoms with Gasteiger partial charge in [-0.05, 0) is 27.4 Å². The van der Waals surface area contributed by atoms with Crippen molar-refractivity contribution < 1.29 is 0 Å². The molecule has 0 aliphatic heterocycles. The number of hydrogen-bond donors (Lipinski definition) is 2. The Balaban J connectivity index is 2.48. The minimum atomic E-state index is 0.390. The van der Waals surface area contributed by atoms with Crippen LogP contribution in [0.1, 0.15) is 20.3 Å². The molecule has 0 radical (unpaired) electrons. The molecule has 0 spiro atoms. The topological polar surface area (TPSA) is 66.0 Å². The highest BCUT2D eigenvalue weighted by atomic mass is 15.3. The van der Waals surface area contributed by atoms with Crippen molar-refractivity contribution >= 4 is 11.8 Å². The molecule has 1 heterocycles. The van der Waals surface area contributed by atoms with Gasteiger partial charge in [-0.15, -0.1) is 5.10 Å². The van der Waals surface area contributed by atoms with E-state index in [9.17, 15) is 0 Å². The number of nitrogens with zero attached hydrogens (tertiary/aromatic N) is 4. The average molecular weight is 238 g/mol. The lowest BCUT2D eigenvalue weighted by Crippen LogP contribution is -2.22. The van der Waals surface area contributed by atoms with Crippen LogP contribution in [-0.4, -0.2) is 53.3 Å². The van der Waals surface area contributed by atoms with Crippen molar-refractivity contribution in [2.75, 3.05) is 37.8 Å². The molecular weight excluding hydrogens is 216 g/mol. The molecule has 1 aromatic heterocycles. The first-order chi connectivity index (χ1) is 8.11. The van der Waals surface area contributed by atoms with E-state index in [2.05, 4.69) is 44.6 Å². The smallest absolute Gasteiger partial charge is 0.244 e. The van der Waals surface area contributed by atoms with Gasteiger partial charge in [-0.1, -0.05) is 6.92 Å². The monoisotopic (exact) mass is 238 g/mol. The zero-order chi connectivity index (χ0) is 12.7. The molecule has 6 heteroatoms. The molecule has 1 unspecified atom stereocenters. The minimum Gasteiger partial charge on any atom is -0.366 e. The van der Waals surface area contributed by atoms with E-state index in [0.717, 1.165) is 25.3 Å². The second kappa shape index (κ2) is 7.01. The van der Waals surface area contributed by atoms with Crippen molar-refractivity contribution in [2.45, 2.75) is 26.3 Å². The van der Waals surface area contributed by atoms with Crippen molar-refractivity contribution in [2.24, 2.45) is 0 Å². The number of aromatic nitrogens is 3. The summed E-state index contributed by atoms with van der Waals surface area (Å²) >= 11 is 0. The normalized spacial score (nSPS) is 12.5. The quantitative estimate of drug-likeness (QED) is 0.740. The van der Waals surface area contributed by atoms with Crippen molar-refractivity contribution in [3.63, 3.8) is 0 Å². The van der Waals surface area contributed by atoms with Crippen LogP contribution in [-0.2, 0) is 0 Å².